The van der Waals surface area contributed by atoms with Gasteiger partial charge in [-0.05, 0) is 38.7 Å². The van der Waals surface area contributed by atoms with Gasteiger partial charge in [-0.15, -0.1) is 0 Å². The summed E-state index contributed by atoms with van der Waals surface area (Å²) in [6.07, 6.45) is 0. The Morgan fingerprint density at radius 1 is 0.833 bits per heavy atom. The summed E-state index contributed by atoms with van der Waals surface area (Å²) >= 11 is 0. The van der Waals surface area contributed by atoms with Crippen LogP contribution in [0.1, 0.15) is 41.5 Å². The third-order valence-corrected chi connectivity index (χ3v) is 4.76. The third kappa shape index (κ3) is 5.33. The number of rotatable bonds is 5. The summed E-state index contributed by atoms with van der Waals surface area (Å²) in [6.45, 7) is 13.4. The van der Waals surface area contributed by atoms with Crippen LogP contribution in [-0.2, 0) is 0 Å². The molecule has 0 saturated heterocycles. The first kappa shape index (κ1) is 12.7. The molecule has 0 fully saturated rings. The zero-order chi connectivity index (χ0) is 9.72. The summed E-state index contributed by atoms with van der Waals surface area (Å²) in [5.74, 6) is 0. The van der Waals surface area contributed by atoms with Gasteiger partial charge in [0.25, 0.3) is 0 Å². The normalized spacial score (nSPS) is 12.5. The van der Waals surface area contributed by atoms with Crippen LogP contribution in [0.2, 0.25) is 0 Å². The standard InChI is InChI=1S/C9H21NS2/c1-7(2)10(8(3)4)12-11-9(5)6/h7-9H,1-6H3. The maximum atomic E-state index is 2.44. The molecule has 12 heavy (non-hydrogen) atoms. The molecule has 0 N–H and O–H groups in total. The van der Waals surface area contributed by atoms with Crippen LogP contribution in [-0.4, -0.2) is 21.6 Å². The molecule has 0 radical (unpaired) electrons. The van der Waals surface area contributed by atoms with E-state index in [0.717, 1.165) is 0 Å². The van der Waals surface area contributed by atoms with Crippen molar-refractivity contribution in [1.29, 1.82) is 0 Å². The molecule has 0 bridgehead atoms. The van der Waals surface area contributed by atoms with Crippen molar-refractivity contribution in [3.8, 4) is 0 Å². The van der Waals surface area contributed by atoms with Crippen LogP contribution in [0.4, 0.5) is 0 Å². The summed E-state index contributed by atoms with van der Waals surface area (Å²) in [4.78, 5) is 0. The van der Waals surface area contributed by atoms with Crippen molar-refractivity contribution in [2.24, 2.45) is 0 Å². The summed E-state index contributed by atoms with van der Waals surface area (Å²) < 4.78 is 2.44. The van der Waals surface area contributed by atoms with E-state index in [0.29, 0.717) is 17.3 Å². The summed E-state index contributed by atoms with van der Waals surface area (Å²) in [5.41, 5.74) is 0. The van der Waals surface area contributed by atoms with E-state index >= 15 is 0 Å². The van der Waals surface area contributed by atoms with Gasteiger partial charge in [0.1, 0.15) is 0 Å². The van der Waals surface area contributed by atoms with Crippen LogP contribution < -0.4 is 0 Å². The minimum atomic E-state index is 0.626. The minimum absolute atomic E-state index is 0.626. The van der Waals surface area contributed by atoms with Crippen LogP contribution in [0.15, 0.2) is 0 Å². The van der Waals surface area contributed by atoms with Gasteiger partial charge in [-0.3, -0.25) is 0 Å². The average Bonchev–Trinajstić information content (AvgIpc) is 1.84. The molecule has 0 rings (SSSR count). The van der Waals surface area contributed by atoms with E-state index in [1.807, 2.05) is 21.8 Å². The van der Waals surface area contributed by atoms with E-state index in [1.54, 1.807) is 0 Å². The highest BCUT2D eigenvalue weighted by Crippen LogP contribution is 2.33. The lowest BCUT2D eigenvalue weighted by Gasteiger charge is -2.28. The van der Waals surface area contributed by atoms with Gasteiger partial charge in [-0.2, -0.15) is 0 Å². The Hall–Kier alpha value is 0.660. The van der Waals surface area contributed by atoms with Gasteiger partial charge < -0.3 is 0 Å². The Morgan fingerprint density at radius 3 is 1.50 bits per heavy atom. The highest BCUT2D eigenvalue weighted by atomic mass is 33.1. The van der Waals surface area contributed by atoms with Crippen LogP contribution in [0.25, 0.3) is 0 Å². The van der Waals surface area contributed by atoms with E-state index in [4.69, 9.17) is 0 Å². The fraction of sp³-hybridized carbons (Fsp3) is 1.00. The Morgan fingerprint density at radius 2 is 1.25 bits per heavy atom. The van der Waals surface area contributed by atoms with Gasteiger partial charge >= 0.3 is 0 Å². The highest BCUT2D eigenvalue weighted by molar-refractivity contribution is 8.76. The van der Waals surface area contributed by atoms with Crippen molar-refractivity contribution >= 4 is 21.8 Å². The van der Waals surface area contributed by atoms with Crippen LogP contribution in [0.5, 0.6) is 0 Å². The number of nitrogens with zero attached hydrogens (tertiary/aromatic N) is 1. The quantitative estimate of drug-likeness (QED) is 0.498. The fourth-order valence-electron chi connectivity index (χ4n) is 0.904. The molecule has 1 nitrogen and oxygen atoms in total. The van der Waals surface area contributed by atoms with Gasteiger partial charge in [0.05, 0.1) is 0 Å². The van der Waals surface area contributed by atoms with Crippen LogP contribution >= 0.6 is 21.8 Å². The Bertz CT molecular complexity index is 105. The first-order valence-electron chi connectivity index (χ1n) is 4.57. The van der Waals surface area contributed by atoms with E-state index in [2.05, 4.69) is 45.8 Å². The minimum Gasteiger partial charge on any atom is -0.236 e. The molecule has 0 spiro atoms. The molecular formula is C9H21NS2. The molecule has 0 aliphatic carbocycles. The average molecular weight is 207 g/mol. The molecule has 0 aromatic rings. The Balaban J connectivity index is 3.80. The smallest absolute Gasteiger partial charge is 0.0156 e. The molecule has 3 heteroatoms. The molecule has 0 saturated carbocycles. The summed E-state index contributed by atoms with van der Waals surface area (Å²) in [5, 5.41) is 0.704. The van der Waals surface area contributed by atoms with Crippen molar-refractivity contribution in [2.45, 2.75) is 58.9 Å². The van der Waals surface area contributed by atoms with E-state index in [1.165, 1.54) is 0 Å². The van der Waals surface area contributed by atoms with Crippen molar-refractivity contribution < 1.29 is 0 Å². The van der Waals surface area contributed by atoms with Crippen LogP contribution in [0.3, 0.4) is 0 Å². The zero-order valence-electron chi connectivity index (χ0n) is 9.00. The van der Waals surface area contributed by atoms with Gasteiger partial charge in [-0.25, -0.2) is 4.31 Å². The molecule has 0 atom stereocenters. The topological polar surface area (TPSA) is 3.24 Å². The van der Waals surface area contributed by atoms with E-state index in [9.17, 15) is 0 Å². The molecule has 0 aliphatic heterocycles. The number of hydrogen-bond acceptors (Lipinski definition) is 3. The molecule has 74 valence electrons. The van der Waals surface area contributed by atoms with Gasteiger partial charge in [0, 0.05) is 17.3 Å². The molecule has 0 aromatic carbocycles. The largest absolute Gasteiger partial charge is 0.236 e. The second-order valence-electron chi connectivity index (χ2n) is 3.77. The second-order valence-corrected chi connectivity index (χ2v) is 6.50. The van der Waals surface area contributed by atoms with E-state index in [-0.39, 0.29) is 0 Å². The van der Waals surface area contributed by atoms with Gasteiger partial charge in [0.2, 0.25) is 0 Å². The lowest BCUT2D eigenvalue weighted by atomic mass is 10.3. The third-order valence-electron chi connectivity index (χ3n) is 1.34. The molecular weight excluding hydrogens is 186 g/mol. The molecule has 0 aliphatic rings. The molecule has 0 unspecified atom stereocenters. The maximum Gasteiger partial charge on any atom is 0.0156 e. The van der Waals surface area contributed by atoms with E-state index < -0.39 is 0 Å². The molecule has 0 aromatic heterocycles. The predicted octanol–water partition coefficient (Wildman–Crippen LogP) is 3.81. The first-order valence-corrected chi connectivity index (χ1v) is 6.74. The Labute approximate surface area is 85.2 Å². The zero-order valence-corrected chi connectivity index (χ0v) is 10.6. The molecule has 0 heterocycles. The first-order chi connectivity index (χ1) is 5.45. The van der Waals surface area contributed by atoms with Crippen molar-refractivity contribution in [1.82, 2.24) is 4.31 Å². The van der Waals surface area contributed by atoms with Crippen LogP contribution in [0, 0.1) is 0 Å². The second kappa shape index (κ2) is 6.17. The lowest BCUT2D eigenvalue weighted by molar-refractivity contribution is 0.339. The van der Waals surface area contributed by atoms with Gasteiger partial charge in [0.15, 0.2) is 0 Å². The molecule has 0 amide bonds. The highest BCUT2D eigenvalue weighted by Gasteiger charge is 2.14. The van der Waals surface area contributed by atoms with Gasteiger partial charge in [-0.1, -0.05) is 24.6 Å². The fourth-order valence-corrected chi connectivity index (χ4v) is 3.37. The summed E-state index contributed by atoms with van der Waals surface area (Å²) in [6, 6.07) is 1.25. The lowest BCUT2D eigenvalue weighted by Crippen LogP contribution is -2.29. The van der Waals surface area contributed by atoms with Crippen molar-refractivity contribution in [3.63, 3.8) is 0 Å². The van der Waals surface area contributed by atoms with Crippen molar-refractivity contribution in [3.05, 3.63) is 0 Å². The number of hydrogen-bond donors (Lipinski definition) is 0. The predicted molar refractivity (Wildman–Crippen MR) is 62.4 cm³/mol. The maximum absolute atomic E-state index is 2.44. The summed E-state index contributed by atoms with van der Waals surface area (Å²) in [7, 11) is 3.83. The monoisotopic (exact) mass is 207 g/mol. The SMILES string of the molecule is CC(C)SSN(C(C)C)C(C)C. The Kier molecular flexibility index (Phi) is 6.50. The van der Waals surface area contributed by atoms with Crippen molar-refractivity contribution in [2.75, 3.05) is 0 Å².